The second-order valence-corrected chi connectivity index (χ2v) is 9.08. The minimum absolute atomic E-state index is 0.145. The summed E-state index contributed by atoms with van der Waals surface area (Å²) in [5.41, 5.74) is 5.32. The second-order valence-electron chi connectivity index (χ2n) is 9.08. The average molecular weight is 431 g/mol. The molecular weight excluding hydrogens is 400 g/mol. The van der Waals surface area contributed by atoms with Gasteiger partial charge in [-0.25, -0.2) is 0 Å². The van der Waals surface area contributed by atoms with Crippen LogP contribution in [0.4, 0.5) is 5.69 Å². The molecule has 6 nitrogen and oxygen atoms in total. The van der Waals surface area contributed by atoms with E-state index < -0.39 is 0 Å². The maximum absolute atomic E-state index is 12.9. The molecule has 166 valence electrons. The Morgan fingerprint density at radius 2 is 1.59 bits per heavy atom. The Morgan fingerprint density at radius 3 is 2.16 bits per heavy atom. The van der Waals surface area contributed by atoms with Crippen LogP contribution in [0.5, 0.6) is 0 Å². The van der Waals surface area contributed by atoms with Gasteiger partial charge in [-0.2, -0.15) is 10.1 Å². The number of benzene rings is 1. The number of carbonyl (C=O) groups is 2. The summed E-state index contributed by atoms with van der Waals surface area (Å²) in [5, 5.41) is 5.48. The van der Waals surface area contributed by atoms with E-state index in [1.807, 2.05) is 13.0 Å². The topological polar surface area (TPSA) is 57.9 Å². The number of amides is 2. The lowest BCUT2D eigenvalue weighted by molar-refractivity contribution is -0.140. The molecule has 6 heteroatoms. The molecule has 2 bridgehead atoms. The predicted octanol–water partition coefficient (Wildman–Crippen LogP) is 4.08. The molecule has 2 aromatic rings. The first kappa shape index (κ1) is 20.7. The van der Waals surface area contributed by atoms with E-state index in [2.05, 4.69) is 71.8 Å². The number of anilines is 1. The highest BCUT2D eigenvalue weighted by Gasteiger charge is 2.59. The van der Waals surface area contributed by atoms with Crippen LogP contribution in [-0.4, -0.2) is 40.7 Å². The molecule has 0 N–H and O–H groups in total. The van der Waals surface area contributed by atoms with Gasteiger partial charge in [0, 0.05) is 41.4 Å². The standard InChI is InChI=1S/C26H30N4O2/c1-5-28(6-2)21-9-11-22(12-10-21)29-16(3)13-20(17(29)4)15-27-30-25(31)23-18-7-8-19(14-18)24(23)26(30)32/h7-13,15,18-19,23-24H,5-6,14H2,1-4H3. The molecule has 1 saturated carbocycles. The van der Waals surface area contributed by atoms with Gasteiger partial charge in [0.15, 0.2) is 0 Å². The van der Waals surface area contributed by atoms with Crippen molar-refractivity contribution in [3.63, 3.8) is 0 Å². The van der Waals surface area contributed by atoms with Gasteiger partial charge < -0.3 is 9.47 Å². The van der Waals surface area contributed by atoms with Gasteiger partial charge in [-0.15, -0.1) is 0 Å². The summed E-state index contributed by atoms with van der Waals surface area (Å²) in [6.07, 6.45) is 6.79. The van der Waals surface area contributed by atoms with E-state index in [-0.39, 0.29) is 35.5 Å². The van der Waals surface area contributed by atoms with E-state index in [4.69, 9.17) is 0 Å². The number of rotatable bonds is 6. The number of fused-ring (bicyclic) bond motifs is 5. The van der Waals surface area contributed by atoms with Crippen LogP contribution >= 0.6 is 0 Å². The normalized spacial score (nSPS) is 26.1. The van der Waals surface area contributed by atoms with Crippen molar-refractivity contribution in [2.45, 2.75) is 34.1 Å². The summed E-state index contributed by atoms with van der Waals surface area (Å²) in [6, 6.07) is 10.6. The number of allylic oxidation sites excluding steroid dienone is 2. The predicted molar refractivity (Wildman–Crippen MR) is 126 cm³/mol. The largest absolute Gasteiger partial charge is 0.372 e. The van der Waals surface area contributed by atoms with E-state index in [1.165, 1.54) is 5.69 Å². The van der Waals surface area contributed by atoms with Gasteiger partial charge in [0.25, 0.3) is 11.8 Å². The molecule has 2 amide bonds. The van der Waals surface area contributed by atoms with Crippen LogP contribution in [0.25, 0.3) is 5.69 Å². The van der Waals surface area contributed by atoms with Crippen LogP contribution in [0.3, 0.4) is 0 Å². The number of aromatic nitrogens is 1. The van der Waals surface area contributed by atoms with Crippen molar-refractivity contribution in [3.05, 3.63) is 59.4 Å². The quantitative estimate of drug-likeness (QED) is 0.394. The molecule has 1 saturated heterocycles. The minimum Gasteiger partial charge on any atom is -0.372 e. The molecule has 0 spiro atoms. The summed E-state index contributed by atoms with van der Waals surface area (Å²) in [6.45, 7) is 10.4. The molecular formula is C26H30N4O2. The maximum atomic E-state index is 12.9. The Kier molecular flexibility index (Phi) is 5.03. The van der Waals surface area contributed by atoms with Gasteiger partial charge in [-0.3, -0.25) is 9.59 Å². The van der Waals surface area contributed by atoms with Crippen molar-refractivity contribution in [2.75, 3.05) is 18.0 Å². The van der Waals surface area contributed by atoms with E-state index >= 15 is 0 Å². The molecule has 1 aliphatic heterocycles. The molecule has 1 aromatic heterocycles. The lowest BCUT2D eigenvalue weighted by Gasteiger charge is -2.21. The van der Waals surface area contributed by atoms with Gasteiger partial charge >= 0.3 is 0 Å². The van der Waals surface area contributed by atoms with Crippen molar-refractivity contribution in [3.8, 4) is 5.69 Å². The average Bonchev–Trinajstić information content (AvgIpc) is 3.53. The summed E-state index contributed by atoms with van der Waals surface area (Å²) in [5.74, 6) is -0.322. The van der Waals surface area contributed by atoms with Gasteiger partial charge in [-0.05, 0) is 76.3 Å². The molecule has 4 atom stereocenters. The third kappa shape index (κ3) is 3.04. The van der Waals surface area contributed by atoms with Gasteiger partial charge in [0.1, 0.15) is 0 Å². The van der Waals surface area contributed by atoms with E-state index in [0.29, 0.717) is 0 Å². The fourth-order valence-corrected chi connectivity index (χ4v) is 5.84. The summed E-state index contributed by atoms with van der Waals surface area (Å²) < 4.78 is 2.18. The number of hydrogen-bond donors (Lipinski definition) is 0. The summed E-state index contributed by atoms with van der Waals surface area (Å²) >= 11 is 0. The number of imide groups is 1. The third-order valence-corrected chi connectivity index (χ3v) is 7.47. The third-order valence-electron chi connectivity index (χ3n) is 7.47. The maximum Gasteiger partial charge on any atom is 0.254 e. The van der Waals surface area contributed by atoms with Crippen LogP contribution in [0.15, 0.2) is 47.6 Å². The number of carbonyl (C=O) groups excluding carboxylic acids is 2. The van der Waals surface area contributed by atoms with Crippen molar-refractivity contribution in [1.29, 1.82) is 0 Å². The Hall–Kier alpha value is -3.15. The number of hydrogen-bond acceptors (Lipinski definition) is 4. The Balaban J connectivity index is 1.39. The van der Waals surface area contributed by atoms with Crippen LogP contribution in [0.1, 0.15) is 37.2 Å². The second kappa shape index (κ2) is 7.76. The SMILES string of the molecule is CCN(CC)c1ccc(-n2c(C)cc(C=NN3C(=O)C4C5C=CC(C5)C4C3=O)c2C)cc1. The van der Waals surface area contributed by atoms with Gasteiger partial charge in [-0.1, -0.05) is 12.2 Å². The zero-order valence-corrected chi connectivity index (χ0v) is 19.2. The Morgan fingerprint density at radius 1 is 1.00 bits per heavy atom. The lowest BCUT2D eigenvalue weighted by Crippen LogP contribution is -2.28. The summed E-state index contributed by atoms with van der Waals surface area (Å²) in [4.78, 5) is 28.1. The fourth-order valence-electron chi connectivity index (χ4n) is 5.84. The minimum atomic E-state index is -0.216. The Bertz CT molecular complexity index is 1090. The highest BCUT2D eigenvalue weighted by molar-refractivity contribution is 6.06. The van der Waals surface area contributed by atoms with Crippen molar-refractivity contribution in [1.82, 2.24) is 9.58 Å². The van der Waals surface area contributed by atoms with Crippen molar-refractivity contribution >= 4 is 23.7 Å². The summed E-state index contributed by atoms with van der Waals surface area (Å²) in [7, 11) is 0. The lowest BCUT2D eigenvalue weighted by atomic mass is 9.85. The van der Waals surface area contributed by atoms with Crippen LogP contribution in [-0.2, 0) is 9.59 Å². The highest BCUT2D eigenvalue weighted by Crippen LogP contribution is 2.52. The van der Waals surface area contributed by atoms with Crippen LogP contribution < -0.4 is 4.90 Å². The molecule has 0 radical (unpaired) electrons. The Labute approximate surface area is 189 Å². The fraction of sp³-hybridized carbons (Fsp3) is 0.423. The van der Waals surface area contributed by atoms with Crippen LogP contribution in [0, 0.1) is 37.5 Å². The monoisotopic (exact) mass is 430 g/mol. The van der Waals surface area contributed by atoms with Crippen molar-refractivity contribution in [2.24, 2.45) is 28.8 Å². The van der Waals surface area contributed by atoms with Gasteiger partial charge in [0.2, 0.25) is 0 Å². The van der Waals surface area contributed by atoms with Crippen molar-refractivity contribution < 1.29 is 9.59 Å². The van der Waals surface area contributed by atoms with E-state index in [9.17, 15) is 9.59 Å². The smallest absolute Gasteiger partial charge is 0.254 e. The molecule has 32 heavy (non-hydrogen) atoms. The zero-order chi connectivity index (χ0) is 22.6. The first-order valence-corrected chi connectivity index (χ1v) is 11.6. The molecule has 2 heterocycles. The molecule has 1 aromatic carbocycles. The van der Waals surface area contributed by atoms with E-state index in [0.717, 1.165) is 47.2 Å². The molecule has 2 aliphatic carbocycles. The zero-order valence-electron chi connectivity index (χ0n) is 19.2. The molecule has 3 aliphatic rings. The first-order valence-electron chi connectivity index (χ1n) is 11.6. The number of nitrogens with zero attached hydrogens (tertiary/aromatic N) is 4. The molecule has 2 fully saturated rings. The molecule has 5 rings (SSSR count). The first-order chi connectivity index (χ1) is 15.4. The van der Waals surface area contributed by atoms with Crippen LogP contribution in [0.2, 0.25) is 0 Å². The number of aryl methyl sites for hydroxylation is 1. The van der Waals surface area contributed by atoms with Gasteiger partial charge in [0.05, 0.1) is 18.1 Å². The molecule has 4 unspecified atom stereocenters. The highest BCUT2D eigenvalue weighted by atomic mass is 16.2. The number of hydrazone groups is 1. The van der Waals surface area contributed by atoms with E-state index in [1.54, 1.807) is 6.21 Å².